The van der Waals surface area contributed by atoms with Crippen LogP contribution in [0.4, 0.5) is 13.0 Å². The van der Waals surface area contributed by atoms with Gasteiger partial charge in [-0.2, -0.15) is 13.0 Å². The zero-order valence-electron chi connectivity index (χ0n) is 7.05. The molecule has 0 aromatic rings. The monoisotopic (exact) mass is 216 g/mol. The minimum Gasteiger partial charge on any atom is -0.317 e. The minimum atomic E-state index is -5.77. The van der Waals surface area contributed by atoms with E-state index in [0.717, 1.165) is 6.42 Å². The third-order valence-corrected chi connectivity index (χ3v) is 3.56. The van der Waals surface area contributed by atoms with Gasteiger partial charge in [-0.15, -0.1) is 0 Å². The Kier molecular flexibility index (Phi) is 3.08. The van der Waals surface area contributed by atoms with E-state index in [1.54, 1.807) is 0 Å². The first-order valence-electron chi connectivity index (χ1n) is 4.26. The van der Waals surface area contributed by atoms with Crippen LogP contribution in [-0.4, -0.2) is 10.6 Å². The van der Waals surface area contributed by atoms with Crippen LogP contribution in [0, 0.1) is 5.92 Å². The Hall–Kier alpha value is -0.0200. The lowest BCUT2D eigenvalue weighted by molar-refractivity contribution is -0.00935. The molecule has 0 spiro atoms. The molecule has 1 N–H and O–H groups in total. The quantitative estimate of drug-likeness (QED) is 0.719. The molecule has 0 amide bonds. The van der Waals surface area contributed by atoms with E-state index in [0.29, 0.717) is 12.8 Å². The molecule has 0 aromatic carbocycles. The molecule has 1 fully saturated rings. The summed E-state index contributed by atoms with van der Waals surface area (Å²) < 4.78 is 48.4. The predicted octanol–water partition coefficient (Wildman–Crippen LogP) is 3.31. The highest BCUT2D eigenvalue weighted by Gasteiger charge is 2.56. The molecule has 0 saturated heterocycles. The third kappa shape index (κ3) is 2.26. The number of halogens is 3. The van der Waals surface area contributed by atoms with Gasteiger partial charge < -0.3 is 4.89 Å². The average Bonchev–Trinajstić information content (AvgIpc) is 2.04. The summed E-state index contributed by atoms with van der Waals surface area (Å²) in [6, 6.07) is 0. The number of alkyl halides is 2. The summed E-state index contributed by atoms with van der Waals surface area (Å²) in [6.07, 6.45) is 2.29. The van der Waals surface area contributed by atoms with Crippen molar-refractivity contribution in [3.63, 3.8) is 0 Å². The number of rotatable bonds is 2. The molecule has 0 aromatic heterocycles. The van der Waals surface area contributed by atoms with Crippen LogP contribution in [0.15, 0.2) is 0 Å². The fraction of sp³-hybridized carbons (Fsp3) is 1.00. The summed E-state index contributed by atoms with van der Waals surface area (Å²) in [5.74, 6) is -1.26. The van der Waals surface area contributed by atoms with Crippen molar-refractivity contribution in [2.24, 2.45) is 5.92 Å². The maximum atomic E-state index is 12.9. The Morgan fingerprint density at radius 2 is 1.69 bits per heavy atom. The zero-order valence-corrected chi connectivity index (χ0v) is 7.94. The molecule has 1 aliphatic rings. The maximum Gasteiger partial charge on any atom is 0.433 e. The molecule has 1 atom stereocenters. The van der Waals surface area contributed by atoms with Gasteiger partial charge in [0, 0.05) is 5.92 Å². The van der Waals surface area contributed by atoms with Crippen molar-refractivity contribution in [2.75, 3.05) is 0 Å². The van der Waals surface area contributed by atoms with Crippen LogP contribution in [0.1, 0.15) is 32.1 Å². The Balaban J connectivity index is 2.73. The van der Waals surface area contributed by atoms with Gasteiger partial charge in [0.15, 0.2) is 0 Å². The highest BCUT2D eigenvalue weighted by atomic mass is 31.2. The SMILES string of the molecule is O=P(O)(F)C(F)(F)C1CCCCC1. The molecule has 2 nitrogen and oxygen atoms in total. The smallest absolute Gasteiger partial charge is 0.317 e. The molecule has 1 rings (SSSR count). The van der Waals surface area contributed by atoms with Gasteiger partial charge in [-0.25, -0.2) is 4.57 Å². The topological polar surface area (TPSA) is 37.3 Å². The molecule has 78 valence electrons. The van der Waals surface area contributed by atoms with Crippen LogP contribution in [0.5, 0.6) is 0 Å². The summed E-state index contributed by atoms with van der Waals surface area (Å²) in [7, 11) is -5.77. The highest BCUT2D eigenvalue weighted by molar-refractivity contribution is 7.53. The van der Waals surface area contributed by atoms with Crippen molar-refractivity contribution in [2.45, 2.75) is 37.8 Å². The van der Waals surface area contributed by atoms with E-state index in [9.17, 15) is 17.5 Å². The predicted molar refractivity (Wildman–Crippen MR) is 42.5 cm³/mol. The Bertz CT molecular complexity index is 220. The Morgan fingerprint density at radius 1 is 1.23 bits per heavy atom. The van der Waals surface area contributed by atoms with Crippen LogP contribution < -0.4 is 0 Å². The fourth-order valence-electron chi connectivity index (χ4n) is 1.68. The molecule has 1 unspecified atom stereocenters. The standard InChI is InChI=1S/C7H12F3O2P/c8-7(9,13(10,11)12)6-4-2-1-3-5-6/h6H,1-5H2,(H,11,12). The lowest BCUT2D eigenvalue weighted by Crippen LogP contribution is -2.28. The lowest BCUT2D eigenvalue weighted by Gasteiger charge is -2.29. The van der Waals surface area contributed by atoms with E-state index in [4.69, 9.17) is 4.89 Å². The van der Waals surface area contributed by atoms with Crippen LogP contribution >= 0.6 is 7.68 Å². The van der Waals surface area contributed by atoms with Crippen LogP contribution in [0.25, 0.3) is 0 Å². The third-order valence-electron chi connectivity index (χ3n) is 2.46. The molecule has 1 aliphatic carbocycles. The first-order valence-corrected chi connectivity index (χ1v) is 5.81. The lowest BCUT2D eigenvalue weighted by atomic mass is 9.89. The van der Waals surface area contributed by atoms with Gasteiger partial charge in [-0.3, -0.25) is 0 Å². The molecular formula is C7H12F3O2P. The van der Waals surface area contributed by atoms with Crippen molar-refractivity contribution in [1.82, 2.24) is 0 Å². The maximum absolute atomic E-state index is 12.9. The molecule has 13 heavy (non-hydrogen) atoms. The molecule has 0 aliphatic heterocycles. The van der Waals surface area contributed by atoms with E-state index in [1.165, 1.54) is 0 Å². The fourth-order valence-corrected chi connectivity index (χ4v) is 2.38. The van der Waals surface area contributed by atoms with Crippen LogP contribution in [0.2, 0.25) is 0 Å². The van der Waals surface area contributed by atoms with Gasteiger partial charge in [0.05, 0.1) is 0 Å². The van der Waals surface area contributed by atoms with Gasteiger partial charge in [-0.05, 0) is 12.8 Å². The van der Waals surface area contributed by atoms with Crippen molar-refractivity contribution >= 4 is 7.68 Å². The first kappa shape index (κ1) is 11.1. The second kappa shape index (κ2) is 3.62. The van der Waals surface area contributed by atoms with Gasteiger partial charge in [-0.1, -0.05) is 19.3 Å². The summed E-state index contributed by atoms with van der Waals surface area (Å²) in [4.78, 5) is 8.24. The summed E-state index contributed by atoms with van der Waals surface area (Å²) >= 11 is 0. The molecule has 1 saturated carbocycles. The van der Waals surface area contributed by atoms with Crippen molar-refractivity contribution in [3.8, 4) is 0 Å². The molecular weight excluding hydrogens is 204 g/mol. The molecule has 0 bridgehead atoms. The number of hydrogen-bond acceptors (Lipinski definition) is 1. The Morgan fingerprint density at radius 3 is 2.08 bits per heavy atom. The van der Waals surface area contributed by atoms with Crippen molar-refractivity contribution in [1.29, 1.82) is 0 Å². The van der Waals surface area contributed by atoms with Crippen molar-refractivity contribution in [3.05, 3.63) is 0 Å². The van der Waals surface area contributed by atoms with Gasteiger partial charge >= 0.3 is 13.3 Å². The second-order valence-corrected chi connectivity index (χ2v) is 5.03. The van der Waals surface area contributed by atoms with Crippen molar-refractivity contribution < 1.29 is 22.4 Å². The molecule has 6 heteroatoms. The van der Waals surface area contributed by atoms with E-state index in [1.807, 2.05) is 0 Å². The molecule has 0 heterocycles. The van der Waals surface area contributed by atoms with Gasteiger partial charge in [0.25, 0.3) is 0 Å². The van der Waals surface area contributed by atoms with E-state index in [2.05, 4.69) is 0 Å². The van der Waals surface area contributed by atoms with E-state index < -0.39 is 19.3 Å². The molecule has 0 radical (unpaired) electrons. The summed E-state index contributed by atoms with van der Waals surface area (Å²) in [5.41, 5.74) is -4.05. The van der Waals surface area contributed by atoms with Gasteiger partial charge in [0.1, 0.15) is 0 Å². The van der Waals surface area contributed by atoms with E-state index >= 15 is 0 Å². The van der Waals surface area contributed by atoms with Gasteiger partial charge in [0.2, 0.25) is 0 Å². The average molecular weight is 216 g/mol. The Labute approximate surface area is 74.7 Å². The second-order valence-electron chi connectivity index (χ2n) is 3.42. The highest BCUT2D eigenvalue weighted by Crippen LogP contribution is 2.63. The summed E-state index contributed by atoms with van der Waals surface area (Å²) in [5, 5.41) is 0. The first-order chi connectivity index (χ1) is 5.86. The minimum absolute atomic E-state index is 0.140. The zero-order chi connectivity index (χ0) is 10.1. The van der Waals surface area contributed by atoms with Crippen LogP contribution in [-0.2, 0) is 4.57 Å². The normalized spacial score (nSPS) is 25.5. The van der Waals surface area contributed by atoms with Crippen LogP contribution in [0.3, 0.4) is 0 Å². The summed E-state index contributed by atoms with van der Waals surface area (Å²) in [6.45, 7) is 0. The van der Waals surface area contributed by atoms with E-state index in [-0.39, 0.29) is 12.8 Å². The largest absolute Gasteiger partial charge is 0.433 e. The number of hydrogen-bond donors (Lipinski definition) is 1.